The largest absolute Gasteiger partial charge is 0.497 e. The number of methoxy groups -OCH3 is 1. The van der Waals surface area contributed by atoms with Gasteiger partial charge in [0.2, 0.25) is 0 Å². The van der Waals surface area contributed by atoms with Gasteiger partial charge in [0.15, 0.2) is 5.13 Å². The summed E-state index contributed by atoms with van der Waals surface area (Å²) in [6.07, 6.45) is 0. The number of ether oxygens (including phenoxy) is 1. The second-order valence-electron chi connectivity index (χ2n) is 5.05. The maximum atomic E-state index is 12.4. The second-order valence-corrected chi connectivity index (χ2v) is 5.91. The molecule has 24 heavy (non-hydrogen) atoms. The molecule has 0 aliphatic rings. The summed E-state index contributed by atoms with van der Waals surface area (Å²) in [5.74, 6) is 0.471. The number of amides is 1. The van der Waals surface area contributed by atoms with Crippen LogP contribution in [0.15, 0.2) is 53.9 Å². The van der Waals surface area contributed by atoms with Crippen molar-refractivity contribution >= 4 is 28.1 Å². The molecule has 2 N–H and O–H groups in total. The van der Waals surface area contributed by atoms with Crippen LogP contribution in [0.25, 0.3) is 11.3 Å². The zero-order chi connectivity index (χ0) is 16.9. The fraction of sp³-hybridized carbons (Fsp3) is 0.111. The third kappa shape index (κ3) is 3.55. The first-order chi connectivity index (χ1) is 11.7. The van der Waals surface area contributed by atoms with Crippen LogP contribution in [0.1, 0.15) is 10.4 Å². The van der Waals surface area contributed by atoms with Crippen molar-refractivity contribution in [1.29, 1.82) is 0 Å². The average Bonchev–Trinajstić information content (AvgIpc) is 3.11. The fourth-order valence-electron chi connectivity index (χ4n) is 2.25. The monoisotopic (exact) mass is 339 g/mol. The molecule has 0 bridgehead atoms. The van der Waals surface area contributed by atoms with E-state index in [1.807, 2.05) is 36.7 Å². The van der Waals surface area contributed by atoms with Gasteiger partial charge in [0.05, 0.1) is 12.8 Å². The number of carbonyl (C=O) groups excluding carboxylic acids is 1. The molecule has 1 amide bonds. The molecule has 0 saturated heterocycles. The second kappa shape index (κ2) is 7.14. The van der Waals surface area contributed by atoms with Crippen LogP contribution < -0.4 is 15.4 Å². The molecule has 1 aromatic heterocycles. The molecule has 0 spiro atoms. The van der Waals surface area contributed by atoms with E-state index in [2.05, 4.69) is 15.6 Å². The predicted molar refractivity (Wildman–Crippen MR) is 98.0 cm³/mol. The molecule has 0 aliphatic heterocycles. The van der Waals surface area contributed by atoms with Gasteiger partial charge in [-0.15, -0.1) is 11.3 Å². The molecule has 122 valence electrons. The molecule has 6 heteroatoms. The quantitative estimate of drug-likeness (QED) is 0.734. The molecule has 1 heterocycles. The van der Waals surface area contributed by atoms with E-state index in [0.29, 0.717) is 11.3 Å². The molecule has 0 radical (unpaired) electrons. The lowest BCUT2D eigenvalue weighted by Crippen LogP contribution is -2.11. The maximum Gasteiger partial charge on any atom is 0.255 e. The minimum atomic E-state index is -0.180. The number of carbonyl (C=O) groups is 1. The van der Waals surface area contributed by atoms with Gasteiger partial charge in [0, 0.05) is 29.2 Å². The van der Waals surface area contributed by atoms with Gasteiger partial charge in [-0.05, 0) is 30.3 Å². The molecular formula is C18H17N3O2S. The molecule has 0 saturated carbocycles. The van der Waals surface area contributed by atoms with Crippen LogP contribution in [-0.2, 0) is 0 Å². The van der Waals surface area contributed by atoms with Crippen molar-refractivity contribution in [3.63, 3.8) is 0 Å². The van der Waals surface area contributed by atoms with Gasteiger partial charge in [-0.25, -0.2) is 4.98 Å². The van der Waals surface area contributed by atoms with Crippen LogP contribution >= 0.6 is 11.3 Å². The molecule has 0 unspecified atom stereocenters. The van der Waals surface area contributed by atoms with Crippen molar-refractivity contribution < 1.29 is 9.53 Å². The SMILES string of the molecule is CNc1nc(-c2cccc(NC(=O)c3cccc(OC)c3)c2)cs1. The normalized spacial score (nSPS) is 10.2. The Morgan fingerprint density at radius 3 is 2.75 bits per heavy atom. The summed E-state index contributed by atoms with van der Waals surface area (Å²) < 4.78 is 5.15. The predicted octanol–water partition coefficient (Wildman–Crippen LogP) is 4.11. The van der Waals surface area contributed by atoms with Gasteiger partial charge < -0.3 is 15.4 Å². The van der Waals surface area contributed by atoms with Crippen molar-refractivity contribution in [2.75, 3.05) is 24.8 Å². The van der Waals surface area contributed by atoms with Crippen molar-refractivity contribution in [2.24, 2.45) is 0 Å². The number of hydrogen-bond donors (Lipinski definition) is 2. The Morgan fingerprint density at radius 2 is 2.00 bits per heavy atom. The van der Waals surface area contributed by atoms with Crippen LogP contribution in [0.2, 0.25) is 0 Å². The third-order valence-corrected chi connectivity index (χ3v) is 4.33. The van der Waals surface area contributed by atoms with Crippen molar-refractivity contribution in [3.05, 3.63) is 59.5 Å². The van der Waals surface area contributed by atoms with Crippen LogP contribution in [0.4, 0.5) is 10.8 Å². The van der Waals surface area contributed by atoms with Crippen LogP contribution in [-0.4, -0.2) is 25.0 Å². The lowest BCUT2D eigenvalue weighted by molar-refractivity contribution is 0.102. The van der Waals surface area contributed by atoms with Crippen molar-refractivity contribution in [3.8, 4) is 17.0 Å². The first kappa shape index (κ1) is 16.0. The van der Waals surface area contributed by atoms with Crippen LogP contribution in [0.5, 0.6) is 5.75 Å². The molecule has 3 rings (SSSR count). The van der Waals surface area contributed by atoms with Gasteiger partial charge in [-0.3, -0.25) is 4.79 Å². The Hall–Kier alpha value is -2.86. The van der Waals surface area contributed by atoms with E-state index in [-0.39, 0.29) is 5.91 Å². The Labute approximate surface area is 144 Å². The van der Waals surface area contributed by atoms with Crippen LogP contribution in [0, 0.1) is 0 Å². The number of anilines is 2. The molecule has 0 aliphatic carbocycles. The Kier molecular flexibility index (Phi) is 4.77. The summed E-state index contributed by atoms with van der Waals surface area (Å²) in [4.78, 5) is 16.9. The highest BCUT2D eigenvalue weighted by Gasteiger charge is 2.09. The zero-order valence-corrected chi connectivity index (χ0v) is 14.2. The summed E-state index contributed by atoms with van der Waals surface area (Å²) in [7, 11) is 3.42. The number of nitrogens with zero attached hydrogens (tertiary/aromatic N) is 1. The number of benzene rings is 2. The van der Waals surface area contributed by atoms with Gasteiger partial charge in [0.25, 0.3) is 5.91 Å². The van der Waals surface area contributed by atoms with Gasteiger partial charge in [-0.1, -0.05) is 18.2 Å². The summed E-state index contributed by atoms with van der Waals surface area (Å²) in [5, 5.41) is 8.77. The van der Waals surface area contributed by atoms with Crippen LogP contribution in [0.3, 0.4) is 0 Å². The maximum absolute atomic E-state index is 12.4. The minimum Gasteiger partial charge on any atom is -0.497 e. The molecule has 2 aromatic carbocycles. The average molecular weight is 339 g/mol. The summed E-state index contributed by atoms with van der Waals surface area (Å²) in [6.45, 7) is 0. The van der Waals surface area contributed by atoms with E-state index in [0.717, 1.165) is 22.1 Å². The number of rotatable bonds is 5. The molecule has 5 nitrogen and oxygen atoms in total. The Balaban J connectivity index is 1.80. The molecular weight excluding hydrogens is 322 g/mol. The number of hydrogen-bond acceptors (Lipinski definition) is 5. The van der Waals surface area contributed by atoms with E-state index in [4.69, 9.17) is 4.74 Å². The lowest BCUT2D eigenvalue weighted by Gasteiger charge is -2.08. The fourth-order valence-corrected chi connectivity index (χ4v) is 2.93. The number of thiazole rings is 1. The smallest absolute Gasteiger partial charge is 0.255 e. The number of nitrogens with one attached hydrogen (secondary N) is 2. The van der Waals surface area contributed by atoms with E-state index in [1.165, 1.54) is 0 Å². The number of aromatic nitrogens is 1. The first-order valence-corrected chi connectivity index (χ1v) is 8.26. The molecule has 0 fully saturated rings. The van der Waals surface area contributed by atoms with Gasteiger partial charge >= 0.3 is 0 Å². The Bertz CT molecular complexity index is 861. The highest BCUT2D eigenvalue weighted by molar-refractivity contribution is 7.14. The van der Waals surface area contributed by atoms with E-state index in [1.54, 1.807) is 42.7 Å². The van der Waals surface area contributed by atoms with Gasteiger partial charge in [0.1, 0.15) is 5.75 Å². The molecule has 3 aromatic rings. The highest BCUT2D eigenvalue weighted by atomic mass is 32.1. The lowest BCUT2D eigenvalue weighted by atomic mass is 10.1. The molecule has 0 atom stereocenters. The van der Waals surface area contributed by atoms with Crippen molar-refractivity contribution in [1.82, 2.24) is 4.98 Å². The van der Waals surface area contributed by atoms with E-state index in [9.17, 15) is 4.79 Å². The minimum absolute atomic E-state index is 0.180. The third-order valence-electron chi connectivity index (χ3n) is 3.47. The van der Waals surface area contributed by atoms with Crippen molar-refractivity contribution in [2.45, 2.75) is 0 Å². The summed E-state index contributed by atoms with van der Waals surface area (Å²) in [6, 6.07) is 14.7. The topological polar surface area (TPSA) is 63.2 Å². The van der Waals surface area contributed by atoms with Gasteiger partial charge in [-0.2, -0.15) is 0 Å². The van der Waals surface area contributed by atoms with E-state index < -0.39 is 0 Å². The summed E-state index contributed by atoms with van der Waals surface area (Å²) in [5.41, 5.74) is 3.10. The first-order valence-electron chi connectivity index (χ1n) is 7.38. The zero-order valence-electron chi connectivity index (χ0n) is 13.4. The standard InChI is InChI=1S/C18H17N3O2S/c1-19-18-21-16(11-24-18)12-5-3-7-14(9-12)20-17(22)13-6-4-8-15(10-13)23-2/h3-11H,1-2H3,(H,19,21)(H,20,22). The summed E-state index contributed by atoms with van der Waals surface area (Å²) >= 11 is 1.54. The Morgan fingerprint density at radius 1 is 1.17 bits per heavy atom. The van der Waals surface area contributed by atoms with E-state index >= 15 is 0 Å². The highest BCUT2D eigenvalue weighted by Crippen LogP contribution is 2.26.